The summed E-state index contributed by atoms with van der Waals surface area (Å²) in [5, 5.41) is 12.4. The van der Waals surface area contributed by atoms with E-state index >= 15 is 0 Å². The molecule has 0 N–H and O–H groups in total. The molecule has 0 atom stereocenters. The monoisotopic (exact) mass is 532 g/mol. The molecule has 0 saturated carbocycles. The molecule has 3 aromatic rings. The highest BCUT2D eigenvalue weighted by Gasteiger charge is 2.33. The number of halogens is 2. The van der Waals surface area contributed by atoms with E-state index in [4.69, 9.17) is 35.4 Å². The number of nitro benzene ring substituents is 1. The Bertz CT molecular complexity index is 1330. The van der Waals surface area contributed by atoms with Crippen molar-refractivity contribution >= 4 is 86.6 Å². The highest BCUT2D eigenvalue weighted by molar-refractivity contribution is 8.27. The maximum absolute atomic E-state index is 13.0. The van der Waals surface area contributed by atoms with Crippen LogP contribution < -0.4 is 4.90 Å². The van der Waals surface area contributed by atoms with Gasteiger partial charge in [-0.2, -0.15) is 0 Å². The van der Waals surface area contributed by atoms with E-state index in [1.54, 1.807) is 36.4 Å². The van der Waals surface area contributed by atoms with Gasteiger partial charge in [-0.25, -0.2) is 0 Å². The molecule has 1 heterocycles. The average molecular weight is 533 g/mol. The van der Waals surface area contributed by atoms with Crippen molar-refractivity contribution in [2.75, 3.05) is 4.90 Å². The van der Waals surface area contributed by atoms with Crippen LogP contribution in [-0.4, -0.2) is 15.2 Å². The lowest BCUT2D eigenvalue weighted by molar-refractivity contribution is -0.387. The number of hydrogen-bond acceptors (Lipinski definition) is 6. The molecule has 5 nitrogen and oxygen atoms in total. The number of carbonyl (C=O) groups is 1. The van der Waals surface area contributed by atoms with Gasteiger partial charge in [-0.1, -0.05) is 82.7 Å². The van der Waals surface area contributed by atoms with Gasteiger partial charge in [0.05, 0.1) is 30.5 Å². The van der Waals surface area contributed by atoms with Crippen molar-refractivity contribution in [2.24, 2.45) is 0 Å². The Balaban J connectivity index is 1.63. The first kappa shape index (κ1) is 23.8. The Morgan fingerprint density at radius 3 is 2.45 bits per heavy atom. The predicted octanol–water partition coefficient (Wildman–Crippen LogP) is 7.77. The van der Waals surface area contributed by atoms with E-state index in [0.29, 0.717) is 35.4 Å². The van der Waals surface area contributed by atoms with Gasteiger partial charge >= 0.3 is 0 Å². The predicted molar refractivity (Wildman–Crippen MR) is 141 cm³/mol. The van der Waals surface area contributed by atoms with Crippen molar-refractivity contribution in [3.05, 3.63) is 96.9 Å². The van der Waals surface area contributed by atoms with Gasteiger partial charge in [-0.3, -0.25) is 19.8 Å². The van der Waals surface area contributed by atoms with E-state index < -0.39 is 4.92 Å². The van der Waals surface area contributed by atoms with Gasteiger partial charge in [0.25, 0.3) is 11.6 Å². The zero-order valence-corrected chi connectivity index (χ0v) is 20.9. The number of thioether (sulfide) groups is 1. The van der Waals surface area contributed by atoms with Crippen LogP contribution in [-0.2, 0) is 4.79 Å². The molecule has 0 aromatic heterocycles. The summed E-state index contributed by atoms with van der Waals surface area (Å²) >= 11 is 19.9. The number of benzene rings is 3. The molecule has 166 valence electrons. The van der Waals surface area contributed by atoms with Crippen LogP contribution in [0.3, 0.4) is 0 Å². The van der Waals surface area contributed by atoms with Crippen molar-refractivity contribution in [1.82, 2.24) is 0 Å². The van der Waals surface area contributed by atoms with Gasteiger partial charge < -0.3 is 0 Å². The number of nitrogens with zero attached hydrogens (tertiary/aromatic N) is 2. The molecule has 1 aliphatic rings. The fraction of sp³-hybridized carbons (Fsp3) is 0.0435. The normalized spacial score (nSPS) is 14.9. The molecule has 0 unspecified atom stereocenters. The fourth-order valence-electron chi connectivity index (χ4n) is 3.05. The van der Waals surface area contributed by atoms with Gasteiger partial charge in [0, 0.05) is 11.0 Å². The zero-order valence-electron chi connectivity index (χ0n) is 17.0. The van der Waals surface area contributed by atoms with E-state index in [2.05, 4.69) is 0 Å². The van der Waals surface area contributed by atoms with Crippen LogP contribution in [0, 0.1) is 17.0 Å². The fourth-order valence-corrected chi connectivity index (χ4v) is 5.54. The third-order valence-corrected chi connectivity index (χ3v) is 7.80. The number of hydrogen-bond donors (Lipinski definition) is 0. The summed E-state index contributed by atoms with van der Waals surface area (Å²) in [5.41, 5.74) is 2.12. The standard InChI is InChI=1S/C23H14Cl2N2O3S3/c1-13-2-6-16(7-3-13)32-20-9-4-14(10-19(20)27(29)30)11-21-22(28)26(23(31)33-21)15-5-8-17(24)18(25)12-15/h2-12H,1H3/b21-11+. The molecule has 3 aromatic carbocycles. The highest BCUT2D eigenvalue weighted by atomic mass is 35.5. The number of anilines is 1. The molecule has 1 aliphatic heterocycles. The molecule has 10 heteroatoms. The van der Waals surface area contributed by atoms with Gasteiger partial charge in [0.1, 0.15) is 0 Å². The maximum atomic E-state index is 13.0. The first-order valence-corrected chi connectivity index (χ1v) is 12.3. The van der Waals surface area contributed by atoms with Crippen molar-refractivity contribution in [2.45, 2.75) is 16.7 Å². The van der Waals surface area contributed by atoms with Crippen LogP contribution in [0.1, 0.15) is 11.1 Å². The lowest BCUT2D eigenvalue weighted by Gasteiger charge is -2.15. The number of aryl methyl sites for hydroxylation is 1. The van der Waals surface area contributed by atoms with Crippen molar-refractivity contribution in [1.29, 1.82) is 0 Å². The third kappa shape index (κ3) is 5.26. The summed E-state index contributed by atoms with van der Waals surface area (Å²) in [6, 6.07) is 17.5. The van der Waals surface area contributed by atoms with Gasteiger partial charge in [0.2, 0.25) is 0 Å². The Kier molecular flexibility index (Phi) is 7.11. The third-order valence-electron chi connectivity index (χ3n) is 4.68. The van der Waals surface area contributed by atoms with Crippen LogP contribution in [0.15, 0.2) is 75.4 Å². The van der Waals surface area contributed by atoms with Crippen LogP contribution in [0.2, 0.25) is 10.0 Å². The summed E-state index contributed by atoms with van der Waals surface area (Å²) in [5.74, 6) is -0.329. The van der Waals surface area contributed by atoms with E-state index in [-0.39, 0.29) is 11.6 Å². The highest BCUT2D eigenvalue weighted by Crippen LogP contribution is 2.39. The van der Waals surface area contributed by atoms with Gasteiger partial charge in [-0.15, -0.1) is 0 Å². The number of amides is 1. The lowest BCUT2D eigenvalue weighted by atomic mass is 10.2. The molecule has 0 bridgehead atoms. The Morgan fingerprint density at radius 2 is 1.79 bits per heavy atom. The largest absolute Gasteiger partial charge is 0.283 e. The Hall–Kier alpha value is -2.36. The summed E-state index contributed by atoms with van der Waals surface area (Å²) in [6.45, 7) is 1.98. The molecule has 0 spiro atoms. The van der Waals surface area contributed by atoms with Crippen molar-refractivity contribution in [3.63, 3.8) is 0 Å². The molecule has 1 fully saturated rings. The number of thiocarbonyl (C=S) groups is 1. The van der Waals surface area contributed by atoms with Crippen LogP contribution in [0.4, 0.5) is 11.4 Å². The lowest BCUT2D eigenvalue weighted by Crippen LogP contribution is -2.27. The number of rotatable bonds is 5. The van der Waals surface area contributed by atoms with Crippen molar-refractivity contribution < 1.29 is 9.72 Å². The topological polar surface area (TPSA) is 63.5 Å². The Labute approximate surface area is 213 Å². The second kappa shape index (κ2) is 9.87. The van der Waals surface area contributed by atoms with E-state index in [0.717, 1.165) is 22.2 Å². The van der Waals surface area contributed by atoms with Crippen molar-refractivity contribution in [3.8, 4) is 0 Å². The maximum Gasteiger partial charge on any atom is 0.283 e. The number of carbonyl (C=O) groups excluding carboxylic acids is 1. The summed E-state index contributed by atoms with van der Waals surface area (Å²) < 4.78 is 0.339. The first-order chi connectivity index (χ1) is 15.7. The minimum absolute atomic E-state index is 0.0331. The minimum Gasteiger partial charge on any atom is -0.268 e. The van der Waals surface area contributed by atoms with Crippen LogP contribution in [0.25, 0.3) is 6.08 Å². The van der Waals surface area contributed by atoms with E-state index in [1.165, 1.54) is 22.7 Å². The molecular weight excluding hydrogens is 519 g/mol. The van der Waals surface area contributed by atoms with Crippen LogP contribution in [0.5, 0.6) is 0 Å². The number of nitro groups is 1. The molecule has 4 rings (SSSR count). The molecule has 33 heavy (non-hydrogen) atoms. The van der Waals surface area contributed by atoms with Crippen LogP contribution >= 0.6 is 58.9 Å². The quantitative estimate of drug-likeness (QED) is 0.145. The van der Waals surface area contributed by atoms with E-state index in [9.17, 15) is 14.9 Å². The average Bonchev–Trinajstić information content (AvgIpc) is 3.05. The summed E-state index contributed by atoms with van der Waals surface area (Å²) in [6.07, 6.45) is 1.60. The first-order valence-electron chi connectivity index (χ1n) is 9.49. The smallest absolute Gasteiger partial charge is 0.268 e. The second-order valence-corrected chi connectivity index (χ2v) is 10.6. The SMILES string of the molecule is Cc1ccc(Sc2ccc(/C=C3/SC(=S)N(c4ccc(Cl)c(Cl)c4)C3=O)cc2[N+](=O)[O-])cc1. The minimum atomic E-state index is -0.422. The molecule has 1 amide bonds. The molecule has 0 radical (unpaired) electrons. The summed E-state index contributed by atoms with van der Waals surface area (Å²) in [7, 11) is 0. The molecular formula is C23H14Cl2N2O3S3. The molecule has 1 saturated heterocycles. The van der Waals surface area contributed by atoms with Gasteiger partial charge in [-0.05, 0) is 55.0 Å². The molecule has 0 aliphatic carbocycles. The van der Waals surface area contributed by atoms with Gasteiger partial charge in [0.15, 0.2) is 4.32 Å². The summed E-state index contributed by atoms with van der Waals surface area (Å²) in [4.78, 5) is 27.4. The second-order valence-electron chi connectivity index (χ2n) is 7.01. The Morgan fingerprint density at radius 1 is 1.06 bits per heavy atom. The zero-order chi connectivity index (χ0) is 23.7. The van der Waals surface area contributed by atoms with E-state index in [1.807, 2.05) is 31.2 Å².